The molecule has 0 bridgehead atoms. The van der Waals surface area contributed by atoms with Crippen molar-refractivity contribution < 1.29 is 4.21 Å². The second kappa shape index (κ2) is 4.35. The van der Waals surface area contributed by atoms with Gasteiger partial charge in [0, 0.05) is 25.5 Å². The third kappa shape index (κ3) is 2.57. The first-order chi connectivity index (χ1) is 7.00. The van der Waals surface area contributed by atoms with Crippen molar-refractivity contribution in [2.75, 3.05) is 11.5 Å². The van der Waals surface area contributed by atoms with Crippen molar-refractivity contribution in [2.24, 2.45) is 4.36 Å². The topological polar surface area (TPSA) is 29.4 Å². The van der Waals surface area contributed by atoms with Crippen LogP contribution in [0.4, 0.5) is 5.69 Å². The third-order valence-corrected chi connectivity index (χ3v) is 5.96. The summed E-state index contributed by atoms with van der Waals surface area (Å²) in [6, 6.07) is 3.51. The highest BCUT2D eigenvalue weighted by atomic mass is 79.9. The minimum absolute atomic E-state index is 0.622. The van der Waals surface area contributed by atoms with Crippen LogP contribution in [0.5, 0.6) is 0 Å². The fourth-order valence-electron chi connectivity index (χ4n) is 1.27. The summed E-state index contributed by atoms with van der Waals surface area (Å²) in [4.78, 5) is 0. The summed E-state index contributed by atoms with van der Waals surface area (Å²) < 4.78 is 17.8. The Morgan fingerprint density at radius 1 is 1.27 bits per heavy atom. The van der Waals surface area contributed by atoms with E-state index in [9.17, 15) is 4.21 Å². The van der Waals surface area contributed by atoms with E-state index in [1.807, 2.05) is 0 Å². The van der Waals surface area contributed by atoms with E-state index in [1.54, 1.807) is 12.1 Å². The van der Waals surface area contributed by atoms with Gasteiger partial charge in [0.2, 0.25) is 0 Å². The molecule has 1 heterocycles. The Morgan fingerprint density at radius 2 is 1.80 bits per heavy atom. The summed E-state index contributed by atoms with van der Waals surface area (Å²) >= 11 is 12.6. The number of benzene rings is 1. The van der Waals surface area contributed by atoms with Crippen LogP contribution in [0.25, 0.3) is 0 Å². The van der Waals surface area contributed by atoms with Gasteiger partial charge in [-0.15, -0.1) is 0 Å². The molecule has 0 unspecified atom stereocenters. The van der Waals surface area contributed by atoms with Crippen molar-refractivity contribution in [1.82, 2.24) is 0 Å². The smallest absolute Gasteiger partial charge is 0.101 e. The Morgan fingerprint density at radius 3 is 2.20 bits per heavy atom. The number of halogens is 3. The summed E-state index contributed by atoms with van der Waals surface area (Å²) in [5.41, 5.74) is 0.698. The van der Waals surface area contributed by atoms with Crippen LogP contribution in [0.2, 0.25) is 5.02 Å². The zero-order chi connectivity index (χ0) is 11.1. The zero-order valence-electron chi connectivity index (χ0n) is 7.67. The van der Waals surface area contributed by atoms with Crippen LogP contribution in [0.3, 0.4) is 0 Å². The van der Waals surface area contributed by atoms with E-state index in [0.29, 0.717) is 22.2 Å². The normalized spacial score (nSPS) is 18.3. The standard InChI is InChI=1S/C9H8Br2ClNOS/c10-7-4-6(12)5-8(11)9(7)13-15(14)2-1-3-15/h4-5H,1-3H2. The van der Waals surface area contributed by atoms with Gasteiger partial charge in [0.25, 0.3) is 0 Å². The SMILES string of the molecule is O=S1(=Nc2c(Br)cc(Cl)cc2Br)CCC1. The lowest BCUT2D eigenvalue weighted by Gasteiger charge is -2.18. The molecular weight excluding hydrogens is 365 g/mol. The summed E-state index contributed by atoms with van der Waals surface area (Å²) in [6.45, 7) is 0. The van der Waals surface area contributed by atoms with E-state index in [2.05, 4.69) is 36.2 Å². The molecule has 0 radical (unpaired) electrons. The lowest BCUT2D eigenvalue weighted by Crippen LogP contribution is -2.23. The molecule has 6 heteroatoms. The molecule has 1 aromatic rings. The third-order valence-electron chi connectivity index (χ3n) is 2.17. The average molecular weight is 373 g/mol. The molecule has 0 aromatic heterocycles. The number of hydrogen-bond acceptors (Lipinski definition) is 2. The fraction of sp³-hybridized carbons (Fsp3) is 0.333. The van der Waals surface area contributed by atoms with Gasteiger partial charge < -0.3 is 0 Å². The molecule has 0 aliphatic carbocycles. The number of hydrogen-bond donors (Lipinski definition) is 0. The van der Waals surface area contributed by atoms with Gasteiger partial charge in [-0.3, -0.25) is 0 Å². The molecule has 2 rings (SSSR count). The molecule has 1 aliphatic heterocycles. The van der Waals surface area contributed by atoms with Crippen LogP contribution in [-0.2, 0) is 9.73 Å². The van der Waals surface area contributed by atoms with E-state index in [-0.39, 0.29) is 0 Å². The van der Waals surface area contributed by atoms with Gasteiger partial charge in [0.1, 0.15) is 5.69 Å². The van der Waals surface area contributed by atoms with Gasteiger partial charge in [-0.25, -0.2) is 4.21 Å². The van der Waals surface area contributed by atoms with Crippen molar-refractivity contribution in [1.29, 1.82) is 0 Å². The molecule has 82 valence electrons. The van der Waals surface area contributed by atoms with E-state index in [0.717, 1.165) is 15.4 Å². The Hall–Kier alpha value is 0.420. The summed E-state index contributed by atoms with van der Waals surface area (Å²) in [6.07, 6.45) is 1.01. The molecule has 1 aromatic carbocycles. The first-order valence-corrected chi connectivity index (χ1v) is 8.19. The van der Waals surface area contributed by atoms with Gasteiger partial charge in [-0.05, 0) is 50.4 Å². The van der Waals surface area contributed by atoms with Crippen LogP contribution in [-0.4, -0.2) is 15.7 Å². The molecule has 1 saturated heterocycles. The van der Waals surface area contributed by atoms with Crippen LogP contribution in [0, 0.1) is 0 Å². The predicted molar refractivity (Wildman–Crippen MR) is 71.4 cm³/mol. The maximum atomic E-state index is 12.0. The molecule has 0 amide bonds. The maximum absolute atomic E-state index is 12.0. The Labute approximate surface area is 111 Å². The minimum Gasteiger partial charge on any atom is -0.249 e. The number of nitrogens with zero attached hydrogens (tertiary/aromatic N) is 1. The second-order valence-corrected chi connectivity index (χ2v) is 8.03. The van der Waals surface area contributed by atoms with Crippen LogP contribution >= 0.6 is 43.5 Å². The first kappa shape index (κ1) is 11.9. The molecular formula is C9H8Br2ClNOS. The molecule has 1 aliphatic rings. The Kier molecular flexibility index (Phi) is 3.45. The molecule has 0 saturated carbocycles. The lowest BCUT2D eigenvalue weighted by molar-refractivity contribution is 0.663. The van der Waals surface area contributed by atoms with Gasteiger partial charge in [-0.1, -0.05) is 11.6 Å². The van der Waals surface area contributed by atoms with Gasteiger partial charge in [-0.2, -0.15) is 4.36 Å². The van der Waals surface area contributed by atoms with Crippen molar-refractivity contribution in [3.8, 4) is 0 Å². The Bertz CT molecular complexity index is 490. The highest BCUT2D eigenvalue weighted by Crippen LogP contribution is 2.38. The molecule has 0 N–H and O–H groups in total. The zero-order valence-corrected chi connectivity index (χ0v) is 12.4. The van der Waals surface area contributed by atoms with E-state index < -0.39 is 9.73 Å². The molecule has 0 atom stereocenters. The second-order valence-electron chi connectivity index (χ2n) is 3.34. The van der Waals surface area contributed by atoms with Crippen LogP contribution < -0.4 is 0 Å². The van der Waals surface area contributed by atoms with E-state index in [4.69, 9.17) is 11.6 Å². The highest BCUT2D eigenvalue weighted by molar-refractivity contribution is 9.11. The van der Waals surface area contributed by atoms with Gasteiger partial charge in [0.15, 0.2) is 0 Å². The fourth-order valence-corrected chi connectivity index (χ4v) is 4.85. The summed E-state index contributed by atoms with van der Waals surface area (Å²) in [7, 11) is -1.98. The summed E-state index contributed by atoms with van der Waals surface area (Å²) in [5.74, 6) is 1.41. The minimum atomic E-state index is -1.98. The van der Waals surface area contributed by atoms with Crippen molar-refractivity contribution in [3.63, 3.8) is 0 Å². The summed E-state index contributed by atoms with van der Waals surface area (Å²) in [5, 5.41) is 0.622. The molecule has 0 spiro atoms. The van der Waals surface area contributed by atoms with Gasteiger partial charge >= 0.3 is 0 Å². The molecule has 2 nitrogen and oxygen atoms in total. The van der Waals surface area contributed by atoms with Crippen LogP contribution in [0.15, 0.2) is 25.4 Å². The van der Waals surface area contributed by atoms with Gasteiger partial charge in [0.05, 0.1) is 9.73 Å². The van der Waals surface area contributed by atoms with Crippen molar-refractivity contribution in [2.45, 2.75) is 6.42 Å². The lowest BCUT2D eigenvalue weighted by atomic mass is 10.3. The molecule has 15 heavy (non-hydrogen) atoms. The average Bonchev–Trinajstić information content (AvgIpc) is 2.08. The Balaban J connectivity index is 2.54. The quantitative estimate of drug-likeness (QED) is 0.719. The first-order valence-electron chi connectivity index (χ1n) is 4.37. The maximum Gasteiger partial charge on any atom is 0.101 e. The van der Waals surface area contributed by atoms with Crippen LogP contribution in [0.1, 0.15) is 6.42 Å². The predicted octanol–water partition coefficient (Wildman–Crippen LogP) is 4.37. The van der Waals surface area contributed by atoms with E-state index >= 15 is 0 Å². The monoisotopic (exact) mass is 371 g/mol. The largest absolute Gasteiger partial charge is 0.249 e. The highest BCUT2D eigenvalue weighted by Gasteiger charge is 2.20. The number of rotatable bonds is 1. The molecule has 1 fully saturated rings. The van der Waals surface area contributed by atoms with Crippen molar-refractivity contribution in [3.05, 3.63) is 26.1 Å². The van der Waals surface area contributed by atoms with E-state index in [1.165, 1.54) is 0 Å². The van der Waals surface area contributed by atoms with Crippen molar-refractivity contribution >= 4 is 58.9 Å².